The lowest BCUT2D eigenvalue weighted by atomic mass is 9.98. The Morgan fingerprint density at radius 1 is 1.19 bits per heavy atom. The van der Waals surface area contributed by atoms with Gasteiger partial charge in [0.05, 0.1) is 21.2 Å². The summed E-state index contributed by atoms with van der Waals surface area (Å²) in [4.78, 5) is 16.7. The number of rotatable bonds is 4. The van der Waals surface area contributed by atoms with E-state index in [-0.39, 0.29) is 11.5 Å². The highest BCUT2D eigenvalue weighted by molar-refractivity contribution is 7.09. The van der Waals surface area contributed by atoms with E-state index in [2.05, 4.69) is 22.4 Å². The fraction of sp³-hybridized carbons (Fsp3) is 0.208. The smallest absolute Gasteiger partial charge is 0.232 e. The van der Waals surface area contributed by atoms with Gasteiger partial charge in [-0.15, -0.1) is 11.3 Å². The molecule has 0 saturated heterocycles. The molecule has 0 radical (unpaired) electrons. The minimum Gasteiger partial charge on any atom is -0.478 e. The third-order valence-electron chi connectivity index (χ3n) is 5.48. The van der Waals surface area contributed by atoms with E-state index in [0.717, 1.165) is 35.4 Å². The number of nitrogens with zero attached hydrogens (tertiary/aromatic N) is 1. The van der Waals surface area contributed by atoms with Gasteiger partial charge in [0, 0.05) is 18.0 Å². The van der Waals surface area contributed by atoms with Crippen molar-refractivity contribution < 1.29 is 14.3 Å². The van der Waals surface area contributed by atoms with Crippen molar-refractivity contribution in [3.8, 4) is 11.5 Å². The molecule has 0 bridgehead atoms. The Kier molecular flexibility index (Phi) is 5.52. The summed E-state index contributed by atoms with van der Waals surface area (Å²) in [5.74, 6) is 1.54. The maximum atomic E-state index is 13.1. The van der Waals surface area contributed by atoms with E-state index in [0.29, 0.717) is 34.6 Å². The van der Waals surface area contributed by atoms with Crippen molar-refractivity contribution in [3.05, 3.63) is 84.7 Å². The number of hydrogen-bond acceptors (Lipinski definition) is 5. The maximum Gasteiger partial charge on any atom is 0.232 e. The Balaban J connectivity index is 1.43. The highest BCUT2D eigenvalue weighted by atomic mass is 35.5. The van der Waals surface area contributed by atoms with Gasteiger partial charge < -0.3 is 9.47 Å². The first-order chi connectivity index (χ1) is 15.0. The molecule has 0 spiro atoms. The number of allylic oxidation sites excluding steroid dienone is 1. The zero-order valence-electron chi connectivity index (χ0n) is 16.8. The lowest BCUT2D eigenvalue weighted by Crippen LogP contribution is -2.33. The van der Waals surface area contributed by atoms with Crippen LogP contribution in [-0.2, 0) is 13.0 Å². The molecule has 3 aromatic rings. The first kappa shape index (κ1) is 20.6. The van der Waals surface area contributed by atoms with Crippen LogP contribution in [0, 0.1) is 6.92 Å². The third-order valence-corrected chi connectivity index (χ3v) is 7.16. The van der Waals surface area contributed by atoms with Crippen LogP contribution in [0.25, 0.3) is 6.08 Å². The van der Waals surface area contributed by atoms with Crippen LogP contribution >= 0.6 is 34.5 Å². The van der Waals surface area contributed by atoms with Crippen molar-refractivity contribution in [1.29, 1.82) is 0 Å². The van der Waals surface area contributed by atoms with Crippen molar-refractivity contribution in [1.82, 2.24) is 4.90 Å². The Morgan fingerprint density at radius 2 is 2.06 bits per heavy atom. The predicted octanol–water partition coefficient (Wildman–Crippen LogP) is 6.37. The average Bonchev–Trinajstić information content (AvgIpc) is 3.38. The van der Waals surface area contributed by atoms with E-state index < -0.39 is 0 Å². The van der Waals surface area contributed by atoms with Gasteiger partial charge in [-0.3, -0.25) is 9.69 Å². The molecule has 7 heteroatoms. The molecule has 5 rings (SSSR count). The quantitative estimate of drug-likeness (QED) is 0.414. The summed E-state index contributed by atoms with van der Waals surface area (Å²) in [6.45, 7) is 3.99. The number of ketones is 1. The number of carbonyl (C=O) groups is 1. The number of benzene rings is 2. The summed E-state index contributed by atoms with van der Waals surface area (Å²) in [6.07, 6.45) is 2.67. The van der Waals surface area contributed by atoms with Crippen molar-refractivity contribution in [2.75, 3.05) is 13.3 Å². The standard InChI is InChI=1S/C24H19Cl2NO3S/c1-14-9-20-17(12-27(13-29-20)7-6-16-3-2-8-31-16)24-22(14)23(28)21(30-24)11-15-4-5-18(25)19(26)10-15/h2-5,8-11H,6-7,12-13H2,1H3/b21-11-. The summed E-state index contributed by atoms with van der Waals surface area (Å²) in [6, 6.07) is 11.4. The molecule has 0 fully saturated rings. The van der Waals surface area contributed by atoms with Crippen LogP contribution in [0.2, 0.25) is 10.0 Å². The number of halogens is 2. The Bertz CT molecular complexity index is 1200. The Hall–Kier alpha value is -2.31. The van der Waals surface area contributed by atoms with E-state index >= 15 is 0 Å². The number of ether oxygens (including phenoxy) is 2. The molecular formula is C24H19Cl2NO3S. The topological polar surface area (TPSA) is 38.8 Å². The van der Waals surface area contributed by atoms with Crippen molar-refractivity contribution in [2.45, 2.75) is 19.9 Å². The fourth-order valence-corrected chi connectivity index (χ4v) is 4.90. The molecule has 2 aliphatic rings. The largest absolute Gasteiger partial charge is 0.478 e. The summed E-state index contributed by atoms with van der Waals surface area (Å²) < 4.78 is 12.1. The van der Waals surface area contributed by atoms with E-state index in [1.54, 1.807) is 35.6 Å². The SMILES string of the molecule is Cc1cc2c(c3c1C(=O)/C(=C/c1ccc(Cl)c(Cl)c1)O3)CN(CCc1cccs1)CO2. The van der Waals surface area contributed by atoms with Gasteiger partial charge in [-0.05, 0) is 60.2 Å². The molecule has 0 saturated carbocycles. The van der Waals surface area contributed by atoms with Crippen LogP contribution in [0.3, 0.4) is 0 Å². The first-order valence-electron chi connectivity index (χ1n) is 9.93. The zero-order valence-corrected chi connectivity index (χ0v) is 19.1. The van der Waals surface area contributed by atoms with E-state index in [4.69, 9.17) is 32.7 Å². The first-order valence-corrected chi connectivity index (χ1v) is 11.6. The number of aryl methyl sites for hydroxylation is 1. The molecule has 0 aliphatic carbocycles. The van der Waals surface area contributed by atoms with Gasteiger partial charge in [0.2, 0.25) is 5.78 Å². The number of thiophene rings is 1. The van der Waals surface area contributed by atoms with E-state index in [1.165, 1.54) is 4.88 Å². The van der Waals surface area contributed by atoms with Crippen LogP contribution in [0.5, 0.6) is 11.5 Å². The number of hydrogen-bond donors (Lipinski definition) is 0. The van der Waals surface area contributed by atoms with Gasteiger partial charge in [-0.2, -0.15) is 0 Å². The fourth-order valence-electron chi connectivity index (χ4n) is 3.90. The summed E-state index contributed by atoms with van der Waals surface area (Å²) in [5, 5.41) is 2.99. The molecule has 2 aromatic carbocycles. The summed E-state index contributed by atoms with van der Waals surface area (Å²) >= 11 is 13.9. The van der Waals surface area contributed by atoms with Gasteiger partial charge in [0.25, 0.3) is 0 Å². The number of fused-ring (bicyclic) bond motifs is 3. The van der Waals surface area contributed by atoms with Crippen molar-refractivity contribution in [2.24, 2.45) is 0 Å². The van der Waals surface area contributed by atoms with Gasteiger partial charge in [0.1, 0.15) is 18.2 Å². The van der Waals surface area contributed by atoms with Crippen molar-refractivity contribution >= 4 is 46.4 Å². The minimum atomic E-state index is -0.128. The van der Waals surface area contributed by atoms with Gasteiger partial charge >= 0.3 is 0 Å². The highest BCUT2D eigenvalue weighted by Gasteiger charge is 2.35. The van der Waals surface area contributed by atoms with Crippen molar-refractivity contribution in [3.63, 3.8) is 0 Å². The molecule has 3 heterocycles. The monoisotopic (exact) mass is 471 g/mol. The molecule has 31 heavy (non-hydrogen) atoms. The second-order valence-corrected chi connectivity index (χ2v) is 9.49. The molecule has 0 N–H and O–H groups in total. The molecule has 158 valence electrons. The Morgan fingerprint density at radius 3 is 2.84 bits per heavy atom. The Labute approximate surface area is 194 Å². The second-order valence-electron chi connectivity index (χ2n) is 7.64. The third kappa shape index (κ3) is 3.99. The van der Waals surface area contributed by atoms with Gasteiger partial charge in [-0.1, -0.05) is 35.3 Å². The van der Waals surface area contributed by atoms with E-state index in [1.807, 2.05) is 13.0 Å². The molecule has 0 amide bonds. The lowest BCUT2D eigenvalue weighted by Gasteiger charge is -2.30. The summed E-state index contributed by atoms with van der Waals surface area (Å²) in [5.41, 5.74) is 3.13. The van der Waals surface area contributed by atoms with Crippen LogP contribution in [-0.4, -0.2) is 24.0 Å². The van der Waals surface area contributed by atoms with E-state index in [9.17, 15) is 4.79 Å². The molecule has 4 nitrogen and oxygen atoms in total. The summed E-state index contributed by atoms with van der Waals surface area (Å²) in [7, 11) is 0. The average molecular weight is 472 g/mol. The molecule has 2 aliphatic heterocycles. The van der Waals surface area contributed by atoms with Crippen LogP contribution < -0.4 is 9.47 Å². The maximum absolute atomic E-state index is 13.1. The zero-order chi connectivity index (χ0) is 21.5. The number of Topliss-reactive ketones (excluding diaryl/α,β-unsaturated/α-hetero) is 1. The van der Waals surface area contributed by atoms with Crippen LogP contribution in [0.15, 0.2) is 47.5 Å². The van der Waals surface area contributed by atoms with Crippen LogP contribution in [0.4, 0.5) is 0 Å². The highest BCUT2D eigenvalue weighted by Crippen LogP contribution is 2.44. The molecule has 0 atom stereocenters. The predicted molar refractivity (Wildman–Crippen MR) is 125 cm³/mol. The molecular weight excluding hydrogens is 453 g/mol. The molecule has 1 aromatic heterocycles. The lowest BCUT2D eigenvalue weighted by molar-refractivity contribution is 0.0951. The number of carbonyl (C=O) groups excluding carboxylic acids is 1. The minimum absolute atomic E-state index is 0.128. The molecule has 0 unspecified atom stereocenters. The van der Waals surface area contributed by atoms with Crippen LogP contribution in [0.1, 0.15) is 31.9 Å². The second kappa shape index (κ2) is 8.32. The van der Waals surface area contributed by atoms with Gasteiger partial charge in [0.15, 0.2) is 5.76 Å². The van der Waals surface area contributed by atoms with Gasteiger partial charge in [-0.25, -0.2) is 0 Å². The normalized spacial score (nSPS) is 16.7.